The average Bonchev–Trinajstić information content (AvgIpc) is 2.83. The van der Waals surface area contributed by atoms with Crippen LogP contribution in [0.2, 0.25) is 0 Å². The first-order chi connectivity index (χ1) is 9.19. The summed E-state index contributed by atoms with van der Waals surface area (Å²) in [5.41, 5.74) is 7.88. The van der Waals surface area contributed by atoms with Crippen molar-refractivity contribution in [2.75, 3.05) is 12.8 Å². The van der Waals surface area contributed by atoms with Gasteiger partial charge < -0.3 is 10.5 Å². The number of ether oxygens (including phenoxy) is 1. The van der Waals surface area contributed by atoms with E-state index in [0.29, 0.717) is 28.3 Å². The Balaban J connectivity index is 2.25. The Morgan fingerprint density at radius 3 is 3.00 bits per heavy atom. The van der Waals surface area contributed by atoms with Gasteiger partial charge >= 0.3 is 5.56 Å². The second-order valence-corrected chi connectivity index (χ2v) is 4.07. The molecule has 0 aliphatic rings. The Morgan fingerprint density at radius 1 is 1.42 bits per heavy atom. The first-order valence-corrected chi connectivity index (χ1v) is 5.61. The van der Waals surface area contributed by atoms with Crippen LogP contribution < -0.4 is 21.0 Å². The molecule has 96 valence electrons. The molecule has 0 bridgehead atoms. The third kappa shape index (κ3) is 1.81. The third-order valence-electron chi connectivity index (χ3n) is 2.86. The molecule has 5 N–H and O–H groups in total. The summed E-state index contributed by atoms with van der Waals surface area (Å²) in [4.78, 5) is 17.7. The van der Waals surface area contributed by atoms with Gasteiger partial charge in [0, 0.05) is 11.8 Å². The lowest BCUT2D eigenvalue weighted by Gasteiger charge is -2.04. The minimum Gasteiger partial charge on any atom is -0.496 e. The smallest absolute Gasteiger partial charge is 0.315 e. The van der Waals surface area contributed by atoms with Crippen molar-refractivity contribution in [1.82, 2.24) is 15.2 Å². The average molecular weight is 258 g/mol. The van der Waals surface area contributed by atoms with E-state index < -0.39 is 0 Å². The van der Waals surface area contributed by atoms with Gasteiger partial charge in [0.05, 0.1) is 13.3 Å². The SMILES string of the molecule is COc1cc(N)ccc1-c1[nH]c2cn[nH]c(=O)c2[nH+]1. The summed E-state index contributed by atoms with van der Waals surface area (Å²) >= 11 is 0. The van der Waals surface area contributed by atoms with E-state index in [1.54, 1.807) is 25.4 Å². The van der Waals surface area contributed by atoms with Crippen LogP contribution in [-0.4, -0.2) is 22.3 Å². The number of hydrogen-bond donors (Lipinski definition) is 3. The Bertz CT molecular complexity index is 805. The summed E-state index contributed by atoms with van der Waals surface area (Å²) in [7, 11) is 1.56. The van der Waals surface area contributed by atoms with Gasteiger partial charge in [0.1, 0.15) is 11.3 Å². The lowest BCUT2D eigenvalue weighted by atomic mass is 10.1. The Morgan fingerprint density at radius 2 is 2.26 bits per heavy atom. The zero-order valence-corrected chi connectivity index (χ0v) is 10.2. The van der Waals surface area contributed by atoms with E-state index >= 15 is 0 Å². The Labute approximate surface area is 107 Å². The molecular weight excluding hydrogens is 246 g/mol. The van der Waals surface area contributed by atoms with Crippen LogP contribution in [0.5, 0.6) is 5.75 Å². The number of rotatable bonds is 2. The maximum Gasteiger partial charge on any atom is 0.315 e. The maximum atomic E-state index is 11.6. The lowest BCUT2D eigenvalue weighted by molar-refractivity contribution is -0.331. The van der Waals surface area contributed by atoms with Gasteiger partial charge in [-0.25, -0.2) is 15.1 Å². The van der Waals surface area contributed by atoms with Crippen LogP contribution in [0.3, 0.4) is 0 Å². The van der Waals surface area contributed by atoms with E-state index in [1.165, 1.54) is 0 Å². The molecule has 0 aliphatic heterocycles. The molecule has 0 saturated heterocycles. The molecule has 7 nitrogen and oxygen atoms in total. The van der Waals surface area contributed by atoms with Gasteiger partial charge in [0.2, 0.25) is 5.52 Å². The molecule has 0 radical (unpaired) electrons. The van der Waals surface area contributed by atoms with Crippen LogP contribution in [0.4, 0.5) is 5.69 Å². The van der Waals surface area contributed by atoms with Gasteiger partial charge in [0.25, 0.3) is 5.82 Å². The summed E-state index contributed by atoms with van der Waals surface area (Å²) in [6, 6.07) is 5.30. The number of H-pyrrole nitrogens is 3. The van der Waals surface area contributed by atoms with E-state index in [1.807, 2.05) is 6.07 Å². The van der Waals surface area contributed by atoms with Gasteiger partial charge in [-0.05, 0) is 12.1 Å². The number of anilines is 1. The Kier molecular flexibility index (Phi) is 2.45. The summed E-state index contributed by atoms with van der Waals surface area (Å²) in [5, 5.41) is 6.10. The van der Waals surface area contributed by atoms with Gasteiger partial charge in [-0.3, -0.25) is 4.79 Å². The number of aromatic amines is 3. The molecule has 0 spiro atoms. The predicted molar refractivity (Wildman–Crippen MR) is 69.7 cm³/mol. The van der Waals surface area contributed by atoms with Crippen LogP contribution >= 0.6 is 0 Å². The molecule has 2 heterocycles. The quantitative estimate of drug-likeness (QED) is 0.575. The van der Waals surface area contributed by atoms with Crippen molar-refractivity contribution in [3.63, 3.8) is 0 Å². The highest BCUT2D eigenvalue weighted by molar-refractivity contribution is 5.74. The van der Waals surface area contributed by atoms with Crippen molar-refractivity contribution in [2.24, 2.45) is 0 Å². The van der Waals surface area contributed by atoms with Crippen molar-refractivity contribution >= 4 is 16.7 Å². The summed E-state index contributed by atoms with van der Waals surface area (Å²) in [6.07, 6.45) is 1.54. The zero-order chi connectivity index (χ0) is 13.4. The number of nitrogen functional groups attached to an aromatic ring is 1. The first kappa shape index (κ1) is 11.3. The summed E-state index contributed by atoms with van der Waals surface area (Å²) in [5.74, 6) is 1.28. The Hall–Kier alpha value is -2.83. The van der Waals surface area contributed by atoms with E-state index in [4.69, 9.17) is 10.5 Å². The van der Waals surface area contributed by atoms with Crippen LogP contribution in [0.15, 0.2) is 29.2 Å². The lowest BCUT2D eigenvalue weighted by Crippen LogP contribution is -2.15. The second-order valence-electron chi connectivity index (χ2n) is 4.07. The van der Waals surface area contributed by atoms with Gasteiger partial charge in [0.15, 0.2) is 5.52 Å². The largest absolute Gasteiger partial charge is 0.496 e. The maximum absolute atomic E-state index is 11.6. The first-order valence-electron chi connectivity index (χ1n) is 5.61. The number of benzene rings is 1. The summed E-state index contributed by atoms with van der Waals surface area (Å²) < 4.78 is 5.29. The highest BCUT2D eigenvalue weighted by atomic mass is 16.5. The number of nitrogens with zero attached hydrogens (tertiary/aromatic N) is 1. The van der Waals surface area contributed by atoms with Crippen molar-refractivity contribution in [3.8, 4) is 17.1 Å². The van der Waals surface area contributed by atoms with Crippen molar-refractivity contribution in [1.29, 1.82) is 0 Å². The van der Waals surface area contributed by atoms with Gasteiger partial charge in [-0.15, -0.1) is 0 Å². The number of nitrogens with two attached hydrogens (primary N) is 1. The molecule has 2 aromatic heterocycles. The number of nitrogens with one attached hydrogen (secondary N) is 3. The molecule has 0 fully saturated rings. The highest BCUT2D eigenvalue weighted by Gasteiger charge is 2.18. The molecule has 0 saturated carbocycles. The standard InChI is InChI=1S/C12H11N5O2/c1-19-9-4-6(13)2-3-7(9)11-15-8-5-14-17-12(18)10(8)16-11/h2-5H,13H2,1H3,(H,15,16)(H,17,18)/p+1. The molecule has 1 aromatic carbocycles. The van der Waals surface area contributed by atoms with Crippen molar-refractivity contribution in [3.05, 3.63) is 34.7 Å². The number of methoxy groups -OCH3 is 1. The molecular formula is C12H12N5O2+. The fraction of sp³-hybridized carbons (Fsp3) is 0.0833. The van der Waals surface area contributed by atoms with E-state index in [0.717, 1.165) is 5.56 Å². The normalized spacial score (nSPS) is 10.8. The molecule has 3 rings (SSSR count). The van der Waals surface area contributed by atoms with E-state index in [2.05, 4.69) is 20.2 Å². The summed E-state index contributed by atoms with van der Waals surface area (Å²) in [6.45, 7) is 0. The highest BCUT2D eigenvalue weighted by Crippen LogP contribution is 2.28. The van der Waals surface area contributed by atoms with E-state index in [-0.39, 0.29) is 5.56 Å². The molecule has 0 aliphatic carbocycles. The van der Waals surface area contributed by atoms with Gasteiger partial charge in [-0.1, -0.05) is 0 Å². The van der Waals surface area contributed by atoms with Crippen LogP contribution in [0.1, 0.15) is 0 Å². The molecule has 0 amide bonds. The third-order valence-corrected chi connectivity index (χ3v) is 2.86. The number of fused-ring (bicyclic) bond motifs is 1. The topological polar surface area (TPSA) is 111 Å². The minimum absolute atomic E-state index is 0.283. The second kappa shape index (κ2) is 4.13. The van der Waals surface area contributed by atoms with Crippen LogP contribution in [0, 0.1) is 0 Å². The molecule has 3 aromatic rings. The zero-order valence-electron chi connectivity index (χ0n) is 10.2. The molecule has 0 unspecified atom stereocenters. The number of aromatic nitrogens is 4. The number of hydrogen-bond acceptors (Lipinski definition) is 4. The molecule has 0 atom stereocenters. The molecule has 7 heteroatoms. The van der Waals surface area contributed by atoms with E-state index in [9.17, 15) is 4.79 Å². The van der Waals surface area contributed by atoms with Gasteiger partial charge in [-0.2, -0.15) is 5.10 Å². The van der Waals surface area contributed by atoms with Crippen molar-refractivity contribution in [2.45, 2.75) is 0 Å². The predicted octanol–water partition coefficient (Wildman–Crippen LogP) is 0.323. The monoisotopic (exact) mass is 258 g/mol. The van der Waals surface area contributed by atoms with Crippen LogP contribution in [0.25, 0.3) is 22.4 Å². The van der Waals surface area contributed by atoms with Crippen LogP contribution in [-0.2, 0) is 0 Å². The number of imidazole rings is 1. The fourth-order valence-electron chi connectivity index (χ4n) is 1.96. The fourth-order valence-corrected chi connectivity index (χ4v) is 1.96. The molecule has 19 heavy (non-hydrogen) atoms. The minimum atomic E-state index is -0.283. The van der Waals surface area contributed by atoms with Crippen molar-refractivity contribution < 1.29 is 9.72 Å².